The Morgan fingerprint density at radius 2 is 2.25 bits per heavy atom. The average molecular weight is 343 g/mol. The van der Waals surface area contributed by atoms with Gasteiger partial charge in [-0.15, -0.1) is 11.3 Å². The minimum atomic E-state index is -0.173. The molecule has 2 rings (SSSR count). The highest BCUT2D eigenvalue weighted by atomic mass is 32.1. The van der Waals surface area contributed by atoms with Crippen molar-refractivity contribution >= 4 is 28.5 Å². The molecule has 1 aromatic carbocycles. The Morgan fingerprint density at radius 1 is 1.46 bits per heavy atom. The van der Waals surface area contributed by atoms with Gasteiger partial charge in [-0.05, 0) is 30.7 Å². The highest BCUT2D eigenvalue weighted by Gasteiger charge is 2.11. The molecule has 1 amide bonds. The quantitative estimate of drug-likeness (QED) is 0.754. The number of anilines is 1. The number of ether oxygens (including phenoxy) is 2. The lowest BCUT2D eigenvalue weighted by Gasteiger charge is -2.11. The lowest BCUT2D eigenvalue weighted by Crippen LogP contribution is -2.23. The van der Waals surface area contributed by atoms with Gasteiger partial charge in [0.2, 0.25) is 0 Å². The number of amides is 1. The number of rotatable bonds is 6. The Labute approximate surface area is 144 Å². The molecule has 2 aromatic rings. The fraction of sp³-hybridized carbons (Fsp3) is 0.235. The topological polar surface area (TPSA) is 75.4 Å². The summed E-state index contributed by atoms with van der Waals surface area (Å²) in [6.07, 6.45) is 3.16. The van der Waals surface area contributed by atoms with Crippen LogP contribution in [-0.4, -0.2) is 31.7 Å². The molecule has 0 radical (unpaired) electrons. The number of nitriles is 1. The third-order valence-electron chi connectivity index (χ3n) is 3.12. The van der Waals surface area contributed by atoms with Crippen molar-refractivity contribution in [2.45, 2.75) is 6.92 Å². The van der Waals surface area contributed by atoms with Crippen molar-refractivity contribution in [2.75, 3.05) is 25.7 Å². The molecule has 0 aliphatic rings. The Kier molecular flexibility index (Phi) is 5.93. The van der Waals surface area contributed by atoms with Crippen LogP contribution in [0, 0.1) is 18.3 Å². The highest BCUT2D eigenvalue weighted by molar-refractivity contribution is 7.14. The van der Waals surface area contributed by atoms with Gasteiger partial charge in [0.25, 0.3) is 5.91 Å². The van der Waals surface area contributed by atoms with E-state index in [1.165, 1.54) is 29.4 Å². The largest absolute Gasteiger partial charge is 0.493 e. The number of nitrogens with zero attached hydrogens (tertiary/aromatic N) is 3. The van der Waals surface area contributed by atoms with Crippen molar-refractivity contribution in [3.8, 4) is 17.6 Å². The van der Waals surface area contributed by atoms with E-state index in [0.717, 1.165) is 11.3 Å². The number of benzene rings is 1. The zero-order chi connectivity index (χ0) is 17.5. The monoisotopic (exact) mass is 343 g/mol. The molecule has 0 spiro atoms. The van der Waals surface area contributed by atoms with Crippen LogP contribution in [-0.2, 0) is 4.79 Å². The maximum Gasteiger partial charge on any atom is 0.252 e. The Hall–Kier alpha value is -2.85. The van der Waals surface area contributed by atoms with Crippen LogP contribution in [0.1, 0.15) is 11.3 Å². The first-order valence-corrected chi connectivity index (χ1v) is 7.98. The molecule has 0 saturated carbocycles. The number of methoxy groups -OCH3 is 1. The van der Waals surface area contributed by atoms with Crippen LogP contribution in [0.3, 0.4) is 0 Å². The van der Waals surface area contributed by atoms with E-state index in [4.69, 9.17) is 14.7 Å². The third kappa shape index (κ3) is 4.33. The van der Waals surface area contributed by atoms with E-state index in [1.807, 2.05) is 18.4 Å². The molecule has 0 fully saturated rings. The van der Waals surface area contributed by atoms with Gasteiger partial charge < -0.3 is 9.47 Å². The van der Waals surface area contributed by atoms with E-state index in [1.54, 1.807) is 31.3 Å². The molecule has 1 heterocycles. The summed E-state index contributed by atoms with van der Waals surface area (Å²) in [5, 5.41) is 11.1. The van der Waals surface area contributed by atoms with Gasteiger partial charge in [0.05, 0.1) is 12.8 Å². The van der Waals surface area contributed by atoms with Crippen molar-refractivity contribution in [1.82, 2.24) is 4.98 Å². The summed E-state index contributed by atoms with van der Waals surface area (Å²) in [6.45, 7) is 1.83. The zero-order valence-corrected chi connectivity index (χ0v) is 14.5. The van der Waals surface area contributed by atoms with Gasteiger partial charge in [-0.1, -0.05) is 6.07 Å². The molecule has 0 aliphatic heterocycles. The van der Waals surface area contributed by atoms with Gasteiger partial charge in [0, 0.05) is 18.5 Å². The lowest BCUT2D eigenvalue weighted by atomic mass is 10.2. The molecule has 0 N–H and O–H groups in total. The van der Waals surface area contributed by atoms with Crippen molar-refractivity contribution in [3.05, 3.63) is 40.9 Å². The van der Waals surface area contributed by atoms with E-state index in [0.29, 0.717) is 16.6 Å². The van der Waals surface area contributed by atoms with Gasteiger partial charge in [0.1, 0.15) is 6.07 Å². The van der Waals surface area contributed by atoms with E-state index in [2.05, 4.69) is 4.98 Å². The molecule has 0 saturated heterocycles. The molecular weight excluding hydrogens is 326 g/mol. The summed E-state index contributed by atoms with van der Waals surface area (Å²) in [7, 11) is 3.20. The summed E-state index contributed by atoms with van der Waals surface area (Å²) in [4.78, 5) is 18.0. The van der Waals surface area contributed by atoms with Crippen molar-refractivity contribution < 1.29 is 14.3 Å². The second-order valence-electron chi connectivity index (χ2n) is 4.86. The number of likely N-dealkylation sites (N-methyl/N-ethyl adjacent to an activating group) is 1. The number of carbonyl (C=O) groups is 1. The number of aromatic nitrogens is 1. The lowest BCUT2D eigenvalue weighted by molar-refractivity contribution is -0.113. The first kappa shape index (κ1) is 17.5. The van der Waals surface area contributed by atoms with E-state index < -0.39 is 0 Å². The molecule has 6 nitrogen and oxygen atoms in total. The number of hydrogen-bond donors (Lipinski definition) is 0. The van der Waals surface area contributed by atoms with Crippen LogP contribution in [0.4, 0.5) is 5.13 Å². The maximum atomic E-state index is 12.2. The Morgan fingerprint density at radius 3 is 2.88 bits per heavy atom. The average Bonchev–Trinajstić information content (AvgIpc) is 3.03. The smallest absolute Gasteiger partial charge is 0.252 e. The van der Waals surface area contributed by atoms with Crippen LogP contribution >= 0.6 is 11.3 Å². The first-order valence-electron chi connectivity index (χ1n) is 7.11. The highest BCUT2D eigenvalue weighted by Crippen LogP contribution is 2.28. The van der Waals surface area contributed by atoms with Crippen molar-refractivity contribution in [1.29, 1.82) is 5.26 Å². The summed E-state index contributed by atoms with van der Waals surface area (Å²) in [6, 6.07) is 7.13. The van der Waals surface area contributed by atoms with Crippen LogP contribution in [0.2, 0.25) is 0 Å². The minimum absolute atomic E-state index is 0.0535. The van der Waals surface area contributed by atoms with Gasteiger partial charge >= 0.3 is 0 Å². The fourth-order valence-corrected chi connectivity index (χ4v) is 2.66. The van der Waals surface area contributed by atoms with E-state index in [-0.39, 0.29) is 12.5 Å². The molecule has 0 aliphatic carbocycles. The summed E-state index contributed by atoms with van der Waals surface area (Å²) >= 11 is 1.42. The van der Waals surface area contributed by atoms with Crippen LogP contribution in [0.25, 0.3) is 6.08 Å². The van der Waals surface area contributed by atoms with Crippen molar-refractivity contribution in [3.63, 3.8) is 0 Å². The minimum Gasteiger partial charge on any atom is -0.493 e. The van der Waals surface area contributed by atoms with E-state index >= 15 is 0 Å². The number of aryl methyl sites for hydroxylation is 1. The van der Waals surface area contributed by atoms with Gasteiger partial charge in [0.15, 0.2) is 23.2 Å². The SMILES string of the molecule is COc1cc(C=CC(=O)N(C)c2nc(C)cs2)ccc1OCC#N. The zero-order valence-electron chi connectivity index (χ0n) is 13.6. The standard InChI is InChI=1S/C17H17N3O3S/c1-12-11-24-17(19-12)20(2)16(21)7-5-13-4-6-14(23-9-8-18)15(10-13)22-3/h4-7,10-11H,9H2,1-3H3. The first-order chi connectivity index (χ1) is 11.5. The van der Waals surface area contributed by atoms with Crippen LogP contribution in [0.5, 0.6) is 11.5 Å². The Balaban J connectivity index is 2.10. The molecule has 7 heteroatoms. The predicted molar refractivity (Wildman–Crippen MR) is 93.4 cm³/mol. The van der Waals surface area contributed by atoms with Crippen molar-refractivity contribution in [2.24, 2.45) is 0 Å². The molecule has 0 bridgehead atoms. The molecule has 0 unspecified atom stereocenters. The van der Waals surface area contributed by atoms with Crippen LogP contribution in [0.15, 0.2) is 29.7 Å². The third-order valence-corrected chi connectivity index (χ3v) is 4.16. The van der Waals surface area contributed by atoms with Gasteiger partial charge in [-0.3, -0.25) is 9.69 Å². The normalized spacial score (nSPS) is 10.4. The number of hydrogen-bond acceptors (Lipinski definition) is 6. The maximum absolute atomic E-state index is 12.2. The molecule has 1 aromatic heterocycles. The number of carbonyl (C=O) groups excluding carboxylic acids is 1. The Bertz CT molecular complexity index is 793. The second kappa shape index (κ2) is 8.13. The molecule has 124 valence electrons. The van der Waals surface area contributed by atoms with Gasteiger partial charge in [-0.2, -0.15) is 5.26 Å². The summed E-state index contributed by atoms with van der Waals surface area (Å²) in [5.74, 6) is 0.815. The van der Waals surface area contributed by atoms with E-state index in [9.17, 15) is 4.79 Å². The fourth-order valence-electron chi connectivity index (χ4n) is 1.89. The summed E-state index contributed by atoms with van der Waals surface area (Å²) < 4.78 is 10.5. The molecule has 24 heavy (non-hydrogen) atoms. The molecule has 0 atom stereocenters. The van der Waals surface area contributed by atoms with Gasteiger partial charge in [-0.25, -0.2) is 4.98 Å². The predicted octanol–water partition coefficient (Wildman–Crippen LogP) is 3.04. The summed E-state index contributed by atoms with van der Waals surface area (Å²) in [5.41, 5.74) is 1.67. The molecular formula is C17H17N3O3S. The second-order valence-corrected chi connectivity index (χ2v) is 5.70. The van der Waals surface area contributed by atoms with Crippen LogP contribution < -0.4 is 14.4 Å². The number of thiazole rings is 1.